The molecule has 2 rings (SSSR count). The number of ether oxygens (including phenoxy) is 1. The normalized spacial score (nSPS) is 20.7. The lowest BCUT2D eigenvalue weighted by Gasteiger charge is -2.28. The third kappa shape index (κ3) is 2.32. The number of nitrogens with one attached hydrogen (secondary N) is 1. The van der Waals surface area contributed by atoms with Gasteiger partial charge < -0.3 is 20.9 Å². The Labute approximate surface area is 106 Å². The molecule has 1 aromatic carbocycles. The van der Waals surface area contributed by atoms with Crippen LogP contribution in [-0.4, -0.2) is 22.7 Å². The number of benzene rings is 1. The van der Waals surface area contributed by atoms with Crippen molar-refractivity contribution in [3.05, 3.63) is 23.8 Å². The number of amides is 1. The van der Waals surface area contributed by atoms with Crippen molar-refractivity contribution in [1.82, 2.24) is 0 Å². The van der Waals surface area contributed by atoms with Gasteiger partial charge in [-0.25, -0.2) is 0 Å². The molecular formula is C13H18N2O3. The summed E-state index contributed by atoms with van der Waals surface area (Å²) in [5.74, 6) is 0.411. The van der Waals surface area contributed by atoms with Gasteiger partial charge in [0.05, 0.1) is 11.8 Å². The first-order chi connectivity index (χ1) is 8.29. The van der Waals surface area contributed by atoms with Gasteiger partial charge in [-0.05, 0) is 38.5 Å². The lowest BCUT2D eigenvalue weighted by molar-refractivity contribution is -0.122. The second-order valence-electron chi connectivity index (χ2n) is 5.23. The first kappa shape index (κ1) is 12.9. The van der Waals surface area contributed by atoms with Gasteiger partial charge in [-0.15, -0.1) is 0 Å². The van der Waals surface area contributed by atoms with Crippen LogP contribution in [0.15, 0.2) is 18.2 Å². The zero-order valence-corrected chi connectivity index (χ0v) is 10.7. The Balaban J connectivity index is 2.34. The molecule has 1 aliphatic heterocycles. The molecule has 1 aliphatic rings. The van der Waals surface area contributed by atoms with Crippen LogP contribution in [0.4, 0.5) is 5.69 Å². The van der Waals surface area contributed by atoms with Gasteiger partial charge in [0.15, 0.2) is 6.10 Å². The van der Waals surface area contributed by atoms with E-state index in [0.717, 1.165) is 0 Å². The van der Waals surface area contributed by atoms with E-state index in [2.05, 4.69) is 5.32 Å². The maximum atomic E-state index is 11.5. The van der Waals surface area contributed by atoms with E-state index in [1.165, 1.54) is 0 Å². The Morgan fingerprint density at radius 3 is 2.78 bits per heavy atom. The molecule has 1 heterocycles. The van der Waals surface area contributed by atoms with Crippen LogP contribution in [0.2, 0.25) is 0 Å². The zero-order valence-electron chi connectivity index (χ0n) is 10.7. The Morgan fingerprint density at radius 2 is 2.17 bits per heavy atom. The highest BCUT2D eigenvalue weighted by atomic mass is 16.5. The van der Waals surface area contributed by atoms with Crippen molar-refractivity contribution in [2.24, 2.45) is 5.73 Å². The molecular weight excluding hydrogens is 232 g/mol. The summed E-state index contributed by atoms with van der Waals surface area (Å²) in [7, 11) is 0. The summed E-state index contributed by atoms with van der Waals surface area (Å²) in [4.78, 5) is 11.5. The third-order valence-corrected chi connectivity index (χ3v) is 2.95. The average molecular weight is 250 g/mol. The maximum Gasteiger partial charge on any atom is 0.265 e. The lowest BCUT2D eigenvalue weighted by atomic mass is 9.92. The highest BCUT2D eigenvalue weighted by Crippen LogP contribution is 2.34. The van der Waals surface area contributed by atoms with E-state index in [9.17, 15) is 9.90 Å². The summed E-state index contributed by atoms with van der Waals surface area (Å²) in [5.41, 5.74) is 6.34. The number of aliphatic hydroxyl groups excluding tert-OH is 1. The molecule has 1 aromatic rings. The van der Waals surface area contributed by atoms with Crippen molar-refractivity contribution < 1.29 is 14.6 Å². The third-order valence-electron chi connectivity index (χ3n) is 2.95. The van der Waals surface area contributed by atoms with E-state index in [1.807, 2.05) is 0 Å². The lowest BCUT2D eigenvalue weighted by Crippen LogP contribution is -2.39. The molecule has 0 radical (unpaired) electrons. The summed E-state index contributed by atoms with van der Waals surface area (Å²) >= 11 is 0. The topological polar surface area (TPSA) is 84.6 Å². The average Bonchev–Trinajstić information content (AvgIpc) is 2.28. The Bertz CT molecular complexity index is 480. The molecule has 0 saturated carbocycles. The molecule has 0 spiro atoms. The van der Waals surface area contributed by atoms with Crippen LogP contribution in [0.25, 0.3) is 0 Å². The van der Waals surface area contributed by atoms with Crippen LogP contribution in [0, 0.1) is 0 Å². The molecule has 18 heavy (non-hydrogen) atoms. The van der Waals surface area contributed by atoms with Gasteiger partial charge in [0.1, 0.15) is 5.75 Å². The van der Waals surface area contributed by atoms with Crippen LogP contribution in [0.1, 0.15) is 32.4 Å². The molecule has 0 saturated heterocycles. The number of nitrogens with two attached hydrogens (primary N) is 1. The molecule has 0 aromatic heterocycles. The first-order valence-electron chi connectivity index (χ1n) is 5.87. The van der Waals surface area contributed by atoms with Crippen molar-refractivity contribution in [2.45, 2.75) is 38.5 Å². The second kappa shape index (κ2) is 4.26. The number of carbonyl (C=O) groups excluding carboxylic acids is 1. The van der Waals surface area contributed by atoms with Gasteiger partial charge in [-0.1, -0.05) is 6.07 Å². The highest BCUT2D eigenvalue weighted by Gasteiger charge is 2.28. The van der Waals surface area contributed by atoms with Gasteiger partial charge in [0.2, 0.25) is 0 Å². The van der Waals surface area contributed by atoms with Crippen molar-refractivity contribution in [2.75, 3.05) is 5.32 Å². The first-order valence-corrected chi connectivity index (χ1v) is 5.87. The Kier molecular flexibility index (Phi) is 3.04. The molecule has 0 aliphatic carbocycles. The van der Waals surface area contributed by atoms with Gasteiger partial charge in [-0.3, -0.25) is 4.79 Å². The molecule has 5 heteroatoms. The van der Waals surface area contributed by atoms with Crippen molar-refractivity contribution in [1.29, 1.82) is 0 Å². The van der Waals surface area contributed by atoms with Crippen LogP contribution < -0.4 is 15.8 Å². The number of anilines is 1. The van der Waals surface area contributed by atoms with Gasteiger partial charge in [0, 0.05) is 5.54 Å². The predicted molar refractivity (Wildman–Crippen MR) is 68.4 cm³/mol. The van der Waals surface area contributed by atoms with Crippen LogP contribution in [-0.2, 0) is 4.79 Å². The quantitative estimate of drug-likeness (QED) is 0.735. The summed E-state index contributed by atoms with van der Waals surface area (Å²) < 4.78 is 5.44. The molecule has 1 amide bonds. The Hall–Kier alpha value is -1.59. The van der Waals surface area contributed by atoms with Crippen molar-refractivity contribution >= 4 is 11.6 Å². The number of hydrogen-bond acceptors (Lipinski definition) is 4. The van der Waals surface area contributed by atoms with E-state index < -0.39 is 17.7 Å². The van der Waals surface area contributed by atoms with Crippen LogP contribution in [0.3, 0.4) is 0 Å². The number of aliphatic hydroxyl groups is 1. The Morgan fingerprint density at radius 1 is 1.50 bits per heavy atom. The fourth-order valence-corrected chi connectivity index (χ4v) is 1.83. The largest absolute Gasteiger partial charge is 0.479 e. The summed E-state index contributed by atoms with van der Waals surface area (Å²) in [6.07, 6.45) is -1.31. The molecule has 2 unspecified atom stereocenters. The minimum Gasteiger partial charge on any atom is -0.479 e. The van der Waals surface area contributed by atoms with Crippen molar-refractivity contribution in [3.8, 4) is 5.75 Å². The fourth-order valence-electron chi connectivity index (χ4n) is 1.83. The second-order valence-corrected chi connectivity index (χ2v) is 5.23. The fraction of sp³-hybridized carbons (Fsp3) is 0.462. The minimum absolute atomic E-state index is 0.193. The minimum atomic E-state index is -0.806. The van der Waals surface area contributed by atoms with E-state index in [-0.39, 0.29) is 5.91 Å². The van der Waals surface area contributed by atoms with E-state index >= 15 is 0 Å². The van der Waals surface area contributed by atoms with Crippen LogP contribution in [0.5, 0.6) is 5.75 Å². The van der Waals surface area contributed by atoms with Crippen LogP contribution >= 0.6 is 0 Å². The summed E-state index contributed by atoms with van der Waals surface area (Å²) in [6, 6.07) is 5.18. The van der Waals surface area contributed by atoms with E-state index in [1.54, 1.807) is 39.0 Å². The SMILES string of the molecule is CC1Oc2ccc(C(O)C(C)(C)N)cc2NC1=O. The van der Waals surface area contributed by atoms with E-state index in [0.29, 0.717) is 17.0 Å². The summed E-state index contributed by atoms with van der Waals surface area (Å²) in [5, 5.41) is 12.8. The molecule has 4 N–H and O–H groups in total. The molecule has 5 nitrogen and oxygen atoms in total. The number of carbonyl (C=O) groups is 1. The maximum absolute atomic E-state index is 11.5. The monoisotopic (exact) mass is 250 g/mol. The van der Waals surface area contributed by atoms with Gasteiger partial charge in [-0.2, -0.15) is 0 Å². The zero-order chi connectivity index (χ0) is 13.5. The molecule has 0 bridgehead atoms. The number of fused-ring (bicyclic) bond motifs is 1. The molecule has 2 atom stereocenters. The highest BCUT2D eigenvalue weighted by molar-refractivity contribution is 5.97. The number of hydrogen-bond donors (Lipinski definition) is 3. The predicted octanol–water partition coefficient (Wildman–Crippen LogP) is 1.18. The number of rotatable bonds is 2. The molecule has 0 fully saturated rings. The van der Waals surface area contributed by atoms with Crippen molar-refractivity contribution in [3.63, 3.8) is 0 Å². The standard InChI is InChI=1S/C13H18N2O3/c1-7-12(17)15-9-6-8(4-5-10(9)18-7)11(16)13(2,3)14/h4-7,11,16H,14H2,1-3H3,(H,15,17). The van der Waals surface area contributed by atoms with E-state index in [4.69, 9.17) is 10.5 Å². The molecule has 98 valence electrons. The smallest absolute Gasteiger partial charge is 0.265 e. The van der Waals surface area contributed by atoms with Gasteiger partial charge in [0.25, 0.3) is 5.91 Å². The summed E-state index contributed by atoms with van der Waals surface area (Å²) in [6.45, 7) is 5.17. The van der Waals surface area contributed by atoms with Gasteiger partial charge >= 0.3 is 0 Å².